The SMILES string of the molecule is COc1cc(NC2CC(=O)N(C)C2=O)ccc1N. The van der Waals surface area contributed by atoms with Gasteiger partial charge in [0, 0.05) is 18.8 Å². The molecule has 6 heteroatoms. The Morgan fingerprint density at radius 1 is 1.44 bits per heavy atom. The van der Waals surface area contributed by atoms with Gasteiger partial charge in [-0.25, -0.2) is 0 Å². The number of nitrogens with zero attached hydrogens (tertiary/aromatic N) is 1. The number of rotatable bonds is 3. The molecular weight excluding hydrogens is 234 g/mol. The Labute approximate surface area is 105 Å². The van der Waals surface area contributed by atoms with E-state index in [1.165, 1.54) is 14.2 Å². The molecular formula is C12H15N3O3. The summed E-state index contributed by atoms with van der Waals surface area (Å²) >= 11 is 0. The van der Waals surface area contributed by atoms with Gasteiger partial charge in [0.1, 0.15) is 11.8 Å². The lowest BCUT2D eigenvalue weighted by Crippen LogP contribution is -2.31. The molecule has 18 heavy (non-hydrogen) atoms. The number of hydrogen-bond donors (Lipinski definition) is 2. The van der Waals surface area contributed by atoms with Gasteiger partial charge in [-0.15, -0.1) is 0 Å². The highest BCUT2D eigenvalue weighted by atomic mass is 16.5. The summed E-state index contributed by atoms with van der Waals surface area (Å²) < 4.78 is 5.09. The van der Waals surface area contributed by atoms with Gasteiger partial charge in [0.15, 0.2) is 0 Å². The van der Waals surface area contributed by atoms with Crippen molar-refractivity contribution < 1.29 is 14.3 Å². The van der Waals surface area contributed by atoms with Gasteiger partial charge >= 0.3 is 0 Å². The summed E-state index contributed by atoms with van der Waals surface area (Å²) in [5, 5.41) is 3.01. The molecule has 1 unspecified atom stereocenters. The molecule has 96 valence electrons. The number of methoxy groups -OCH3 is 1. The normalized spacial score (nSPS) is 19.2. The third-order valence-electron chi connectivity index (χ3n) is 2.96. The minimum atomic E-state index is -0.518. The Kier molecular flexibility index (Phi) is 3.10. The van der Waals surface area contributed by atoms with E-state index in [2.05, 4.69) is 5.32 Å². The van der Waals surface area contributed by atoms with Crippen molar-refractivity contribution in [2.45, 2.75) is 12.5 Å². The molecule has 1 aromatic carbocycles. The van der Waals surface area contributed by atoms with E-state index in [4.69, 9.17) is 10.5 Å². The second kappa shape index (κ2) is 4.56. The molecule has 3 N–H and O–H groups in total. The predicted molar refractivity (Wildman–Crippen MR) is 67.2 cm³/mol. The number of nitrogens with two attached hydrogens (primary N) is 1. The number of likely N-dealkylation sites (tertiary alicyclic amines) is 1. The van der Waals surface area contributed by atoms with Gasteiger partial charge in [-0.3, -0.25) is 14.5 Å². The summed E-state index contributed by atoms with van der Waals surface area (Å²) in [6, 6.07) is 4.61. The Hall–Kier alpha value is -2.24. The minimum absolute atomic E-state index is 0.169. The zero-order valence-electron chi connectivity index (χ0n) is 10.3. The first kappa shape index (κ1) is 12.2. The molecule has 1 heterocycles. The van der Waals surface area contributed by atoms with Gasteiger partial charge in [0.25, 0.3) is 5.91 Å². The number of carbonyl (C=O) groups excluding carboxylic acids is 2. The van der Waals surface area contributed by atoms with Crippen LogP contribution in [0.2, 0.25) is 0 Å². The van der Waals surface area contributed by atoms with Gasteiger partial charge in [-0.05, 0) is 12.1 Å². The van der Waals surface area contributed by atoms with Gasteiger partial charge in [-0.1, -0.05) is 0 Å². The molecule has 0 radical (unpaired) electrons. The molecule has 2 rings (SSSR count). The first-order valence-corrected chi connectivity index (χ1v) is 5.53. The topological polar surface area (TPSA) is 84.7 Å². The Morgan fingerprint density at radius 3 is 2.72 bits per heavy atom. The third-order valence-corrected chi connectivity index (χ3v) is 2.96. The molecule has 1 fully saturated rings. The van der Waals surface area contributed by atoms with Crippen LogP contribution in [0.4, 0.5) is 11.4 Å². The van der Waals surface area contributed by atoms with Crippen molar-refractivity contribution in [2.75, 3.05) is 25.2 Å². The maximum Gasteiger partial charge on any atom is 0.251 e. The maximum absolute atomic E-state index is 11.7. The van der Waals surface area contributed by atoms with Crippen LogP contribution in [0.3, 0.4) is 0 Å². The van der Waals surface area contributed by atoms with E-state index < -0.39 is 6.04 Å². The monoisotopic (exact) mass is 249 g/mol. The molecule has 0 aromatic heterocycles. The quantitative estimate of drug-likeness (QED) is 0.600. The number of imide groups is 1. The van der Waals surface area contributed by atoms with E-state index >= 15 is 0 Å². The van der Waals surface area contributed by atoms with E-state index in [1.807, 2.05) is 0 Å². The molecule has 1 aliphatic heterocycles. The molecule has 1 atom stereocenters. The van der Waals surface area contributed by atoms with Crippen molar-refractivity contribution in [1.29, 1.82) is 0 Å². The number of amides is 2. The molecule has 1 saturated heterocycles. The van der Waals surface area contributed by atoms with Crippen LogP contribution in [0.15, 0.2) is 18.2 Å². The van der Waals surface area contributed by atoms with E-state index in [9.17, 15) is 9.59 Å². The number of benzene rings is 1. The molecule has 0 saturated carbocycles. The van der Waals surface area contributed by atoms with E-state index in [0.29, 0.717) is 17.1 Å². The second-order valence-corrected chi connectivity index (χ2v) is 4.15. The number of ether oxygens (including phenoxy) is 1. The number of anilines is 2. The van der Waals surface area contributed by atoms with Crippen LogP contribution in [0.5, 0.6) is 5.75 Å². The fourth-order valence-corrected chi connectivity index (χ4v) is 1.87. The third kappa shape index (κ3) is 2.09. The smallest absolute Gasteiger partial charge is 0.251 e. The van der Waals surface area contributed by atoms with Crippen LogP contribution in [-0.4, -0.2) is 36.9 Å². The summed E-state index contributed by atoms with van der Waals surface area (Å²) in [6.07, 6.45) is 0.169. The summed E-state index contributed by atoms with van der Waals surface area (Å²) in [4.78, 5) is 24.2. The van der Waals surface area contributed by atoms with Crippen LogP contribution in [-0.2, 0) is 9.59 Å². The van der Waals surface area contributed by atoms with Crippen molar-refractivity contribution in [1.82, 2.24) is 4.90 Å². The Balaban J connectivity index is 2.15. The van der Waals surface area contributed by atoms with Gasteiger partial charge in [0.2, 0.25) is 5.91 Å². The minimum Gasteiger partial charge on any atom is -0.495 e. The largest absolute Gasteiger partial charge is 0.495 e. The van der Waals surface area contributed by atoms with Crippen LogP contribution >= 0.6 is 0 Å². The summed E-state index contributed by atoms with van der Waals surface area (Å²) in [5.41, 5.74) is 6.92. The molecule has 1 aromatic rings. The second-order valence-electron chi connectivity index (χ2n) is 4.15. The highest BCUT2D eigenvalue weighted by Crippen LogP contribution is 2.26. The molecule has 0 aliphatic carbocycles. The summed E-state index contributed by atoms with van der Waals surface area (Å²) in [6.45, 7) is 0. The van der Waals surface area contributed by atoms with Crippen molar-refractivity contribution >= 4 is 23.2 Å². The summed E-state index contributed by atoms with van der Waals surface area (Å²) in [5.74, 6) is 0.126. The van der Waals surface area contributed by atoms with Crippen molar-refractivity contribution in [2.24, 2.45) is 0 Å². The van der Waals surface area contributed by atoms with Crippen molar-refractivity contribution in [3.05, 3.63) is 18.2 Å². The molecule has 1 aliphatic rings. The van der Waals surface area contributed by atoms with Crippen LogP contribution in [0, 0.1) is 0 Å². The predicted octanol–water partition coefficient (Wildman–Crippen LogP) is 0.447. The molecule has 0 bridgehead atoms. The highest BCUT2D eigenvalue weighted by molar-refractivity contribution is 6.06. The van der Waals surface area contributed by atoms with E-state index in [0.717, 1.165) is 4.90 Å². The molecule has 0 spiro atoms. The van der Waals surface area contributed by atoms with Gasteiger partial charge in [-0.2, -0.15) is 0 Å². The van der Waals surface area contributed by atoms with Crippen molar-refractivity contribution in [3.8, 4) is 5.75 Å². The number of carbonyl (C=O) groups is 2. The van der Waals surface area contributed by atoms with Crippen LogP contribution < -0.4 is 15.8 Å². The first-order chi connectivity index (χ1) is 8.52. The maximum atomic E-state index is 11.7. The fourth-order valence-electron chi connectivity index (χ4n) is 1.87. The zero-order valence-corrected chi connectivity index (χ0v) is 10.3. The first-order valence-electron chi connectivity index (χ1n) is 5.53. The highest BCUT2D eigenvalue weighted by Gasteiger charge is 2.35. The average molecular weight is 249 g/mol. The lowest BCUT2D eigenvalue weighted by Gasteiger charge is -2.14. The molecule has 2 amide bonds. The van der Waals surface area contributed by atoms with Gasteiger partial charge < -0.3 is 15.8 Å². The standard InChI is InChI=1S/C12H15N3O3/c1-15-11(16)6-9(12(15)17)14-7-3-4-8(13)10(5-7)18-2/h3-5,9,14H,6,13H2,1-2H3. The number of nitrogens with one attached hydrogen (secondary N) is 1. The van der Waals surface area contributed by atoms with Crippen molar-refractivity contribution in [3.63, 3.8) is 0 Å². The molecule has 6 nitrogen and oxygen atoms in total. The number of likely N-dealkylation sites (N-methyl/N-ethyl adjacent to an activating group) is 1. The number of nitrogen functional groups attached to an aromatic ring is 1. The number of hydrogen-bond acceptors (Lipinski definition) is 5. The Morgan fingerprint density at radius 2 is 2.17 bits per heavy atom. The van der Waals surface area contributed by atoms with E-state index in [-0.39, 0.29) is 18.2 Å². The van der Waals surface area contributed by atoms with Gasteiger partial charge in [0.05, 0.1) is 19.2 Å². The Bertz CT molecular complexity index is 501. The van der Waals surface area contributed by atoms with E-state index in [1.54, 1.807) is 18.2 Å². The fraction of sp³-hybridized carbons (Fsp3) is 0.333. The van der Waals surface area contributed by atoms with Crippen LogP contribution in [0.1, 0.15) is 6.42 Å². The lowest BCUT2D eigenvalue weighted by molar-refractivity contribution is -0.136. The zero-order chi connectivity index (χ0) is 13.3. The summed E-state index contributed by atoms with van der Waals surface area (Å²) in [7, 11) is 3.00. The average Bonchev–Trinajstić information content (AvgIpc) is 2.59. The van der Waals surface area contributed by atoms with Crippen LogP contribution in [0.25, 0.3) is 0 Å². The lowest BCUT2D eigenvalue weighted by atomic mass is 10.2.